The van der Waals surface area contributed by atoms with Gasteiger partial charge in [0.05, 0.1) is 10.9 Å². The number of sulfonamides is 1. The maximum absolute atomic E-state index is 11.9. The number of nitrogens with two attached hydrogens (primary N) is 2. The van der Waals surface area contributed by atoms with Gasteiger partial charge in [-0.05, 0) is 31.0 Å². The lowest BCUT2D eigenvalue weighted by Crippen LogP contribution is -2.42. The van der Waals surface area contributed by atoms with E-state index in [1.165, 1.54) is 19.1 Å². The molecule has 0 saturated carbocycles. The first-order valence-corrected chi connectivity index (χ1v) is 6.96. The molecule has 0 heterocycles. The lowest BCUT2D eigenvalue weighted by molar-refractivity contribution is -0.119. The number of benzene rings is 1. The number of carbonyl (C=O) groups is 1. The van der Waals surface area contributed by atoms with Gasteiger partial charge in [0, 0.05) is 5.69 Å². The molecule has 1 amide bonds. The lowest BCUT2D eigenvalue weighted by atomic mass is 10.1. The Morgan fingerprint density at radius 1 is 1.44 bits per heavy atom. The summed E-state index contributed by atoms with van der Waals surface area (Å²) >= 11 is 0. The Morgan fingerprint density at radius 3 is 2.50 bits per heavy atom. The molecule has 0 fully saturated rings. The molecule has 0 aliphatic carbocycles. The van der Waals surface area contributed by atoms with Crippen molar-refractivity contribution >= 4 is 21.6 Å². The first-order valence-electron chi connectivity index (χ1n) is 5.48. The van der Waals surface area contributed by atoms with E-state index >= 15 is 0 Å². The van der Waals surface area contributed by atoms with Crippen LogP contribution in [-0.4, -0.2) is 20.4 Å². The summed E-state index contributed by atoms with van der Waals surface area (Å²) in [6.07, 6.45) is 0.720. The number of anilines is 1. The van der Waals surface area contributed by atoms with Crippen molar-refractivity contribution in [1.82, 2.24) is 4.72 Å². The number of hydrogen-bond donors (Lipinski definition) is 3. The summed E-state index contributed by atoms with van der Waals surface area (Å²) < 4.78 is 26.0. The van der Waals surface area contributed by atoms with Crippen LogP contribution in [0.2, 0.25) is 0 Å². The van der Waals surface area contributed by atoms with Gasteiger partial charge in [0.15, 0.2) is 0 Å². The summed E-state index contributed by atoms with van der Waals surface area (Å²) in [6.45, 7) is 3.30. The van der Waals surface area contributed by atoms with Gasteiger partial charge in [-0.25, -0.2) is 8.42 Å². The van der Waals surface area contributed by atoms with Crippen molar-refractivity contribution in [3.05, 3.63) is 23.8 Å². The van der Waals surface area contributed by atoms with E-state index < -0.39 is 22.0 Å². The Kier molecular flexibility index (Phi) is 4.31. The number of carbonyl (C=O) groups excluding carboxylic acids is 1. The molecule has 1 atom stereocenters. The van der Waals surface area contributed by atoms with Crippen molar-refractivity contribution in [2.75, 3.05) is 5.73 Å². The van der Waals surface area contributed by atoms with Crippen molar-refractivity contribution in [3.63, 3.8) is 0 Å². The van der Waals surface area contributed by atoms with Crippen LogP contribution < -0.4 is 16.2 Å². The quantitative estimate of drug-likeness (QED) is 0.653. The number of amides is 1. The van der Waals surface area contributed by atoms with Gasteiger partial charge in [-0.3, -0.25) is 4.79 Å². The fourth-order valence-corrected chi connectivity index (χ4v) is 2.67. The molecule has 5 N–H and O–H groups in total. The smallest absolute Gasteiger partial charge is 0.241 e. The molecule has 1 aromatic carbocycles. The fourth-order valence-electron chi connectivity index (χ4n) is 1.42. The number of rotatable bonds is 5. The standard InChI is InChI=1S/C11H17N3O3S/c1-3-8-4-5-9(6-10(8)12)18(16,17)14-7(2)11(13)15/h4-7,14H,3,12H2,1-2H3,(H2,13,15). The first-order chi connectivity index (χ1) is 8.27. The van der Waals surface area contributed by atoms with Crippen molar-refractivity contribution in [1.29, 1.82) is 0 Å². The molecular weight excluding hydrogens is 254 g/mol. The fraction of sp³-hybridized carbons (Fsp3) is 0.364. The Hall–Kier alpha value is -1.60. The van der Waals surface area contributed by atoms with E-state index in [1.54, 1.807) is 6.07 Å². The van der Waals surface area contributed by atoms with Gasteiger partial charge in [-0.1, -0.05) is 13.0 Å². The van der Waals surface area contributed by atoms with E-state index in [2.05, 4.69) is 4.72 Å². The van der Waals surface area contributed by atoms with Crippen LogP contribution in [0, 0.1) is 0 Å². The number of primary amides is 1. The predicted octanol–water partition coefficient (Wildman–Crippen LogP) is -0.0167. The van der Waals surface area contributed by atoms with Crippen LogP contribution in [0.4, 0.5) is 5.69 Å². The number of nitrogens with one attached hydrogen (secondary N) is 1. The summed E-state index contributed by atoms with van der Waals surface area (Å²) in [5, 5.41) is 0. The molecule has 100 valence electrons. The molecule has 1 rings (SSSR count). The largest absolute Gasteiger partial charge is 0.398 e. The molecule has 0 spiro atoms. The van der Waals surface area contributed by atoms with Gasteiger partial charge in [0.2, 0.25) is 15.9 Å². The predicted molar refractivity (Wildman–Crippen MR) is 69.2 cm³/mol. The second kappa shape index (κ2) is 5.36. The molecule has 1 aromatic rings. The minimum absolute atomic E-state index is 0.0188. The van der Waals surface area contributed by atoms with Crippen molar-refractivity contribution in [2.45, 2.75) is 31.2 Å². The number of hydrogen-bond acceptors (Lipinski definition) is 4. The average Bonchev–Trinajstić information content (AvgIpc) is 2.28. The van der Waals surface area contributed by atoms with Crippen LogP contribution in [0.5, 0.6) is 0 Å². The number of nitrogen functional groups attached to an aromatic ring is 1. The van der Waals surface area contributed by atoms with E-state index in [4.69, 9.17) is 11.5 Å². The monoisotopic (exact) mass is 271 g/mol. The average molecular weight is 271 g/mol. The molecule has 0 aliphatic heterocycles. The molecule has 0 aliphatic rings. The topological polar surface area (TPSA) is 115 Å². The summed E-state index contributed by atoms with van der Waals surface area (Å²) in [6, 6.07) is 3.50. The van der Waals surface area contributed by atoms with E-state index in [9.17, 15) is 13.2 Å². The summed E-state index contributed by atoms with van der Waals surface area (Å²) in [4.78, 5) is 10.9. The van der Waals surface area contributed by atoms with E-state index in [0.29, 0.717) is 5.69 Å². The maximum Gasteiger partial charge on any atom is 0.241 e. The van der Waals surface area contributed by atoms with Gasteiger partial charge in [-0.2, -0.15) is 4.72 Å². The van der Waals surface area contributed by atoms with Crippen LogP contribution in [-0.2, 0) is 21.2 Å². The van der Waals surface area contributed by atoms with Gasteiger partial charge >= 0.3 is 0 Å². The molecule has 0 saturated heterocycles. The van der Waals surface area contributed by atoms with Crippen molar-refractivity contribution in [2.24, 2.45) is 5.73 Å². The minimum Gasteiger partial charge on any atom is -0.398 e. The highest BCUT2D eigenvalue weighted by Crippen LogP contribution is 2.18. The normalized spacial score (nSPS) is 13.2. The second-order valence-corrected chi connectivity index (χ2v) is 5.67. The first kappa shape index (κ1) is 14.5. The van der Waals surface area contributed by atoms with E-state index in [-0.39, 0.29) is 4.90 Å². The third-order valence-electron chi connectivity index (χ3n) is 2.57. The van der Waals surface area contributed by atoms with E-state index in [0.717, 1.165) is 12.0 Å². The van der Waals surface area contributed by atoms with Crippen LogP contribution in [0.3, 0.4) is 0 Å². The van der Waals surface area contributed by atoms with Crippen molar-refractivity contribution in [3.8, 4) is 0 Å². The Morgan fingerprint density at radius 2 is 2.06 bits per heavy atom. The highest BCUT2D eigenvalue weighted by Gasteiger charge is 2.20. The summed E-state index contributed by atoms with van der Waals surface area (Å²) in [7, 11) is -3.78. The molecular formula is C11H17N3O3S. The highest BCUT2D eigenvalue weighted by atomic mass is 32.2. The molecule has 0 aromatic heterocycles. The van der Waals surface area contributed by atoms with Crippen molar-refractivity contribution < 1.29 is 13.2 Å². The van der Waals surface area contributed by atoms with Gasteiger partial charge in [0.1, 0.15) is 0 Å². The van der Waals surface area contributed by atoms with Crippen LogP contribution in [0.15, 0.2) is 23.1 Å². The van der Waals surface area contributed by atoms with E-state index in [1.807, 2.05) is 6.92 Å². The van der Waals surface area contributed by atoms with Gasteiger partial charge in [0.25, 0.3) is 0 Å². The zero-order valence-electron chi connectivity index (χ0n) is 10.3. The SMILES string of the molecule is CCc1ccc(S(=O)(=O)NC(C)C(N)=O)cc1N. The third-order valence-corrected chi connectivity index (χ3v) is 4.11. The third kappa shape index (κ3) is 3.21. The van der Waals surface area contributed by atoms with Crippen LogP contribution >= 0.6 is 0 Å². The second-order valence-electron chi connectivity index (χ2n) is 3.96. The van der Waals surface area contributed by atoms with Gasteiger partial charge < -0.3 is 11.5 Å². The zero-order valence-corrected chi connectivity index (χ0v) is 11.1. The molecule has 0 bridgehead atoms. The Balaban J connectivity index is 3.06. The minimum atomic E-state index is -3.78. The van der Waals surface area contributed by atoms with Gasteiger partial charge in [-0.15, -0.1) is 0 Å². The molecule has 18 heavy (non-hydrogen) atoms. The van der Waals surface area contributed by atoms with Crippen LogP contribution in [0.1, 0.15) is 19.4 Å². The molecule has 7 heteroatoms. The number of aryl methyl sites for hydroxylation is 1. The summed E-state index contributed by atoms with van der Waals surface area (Å²) in [5.41, 5.74) is 12.0. The zero-order chi connectivity index (χ0) is 13.9. The molecule has 0 radical (unpaired) electrons. The maximum atomic E-state index is 11.9. The molecule has 6 nitrogen and oxygen atoms in total. The highest BCUT2D eigenvalue weighted by molar-refractivity contribution is 7.89. The summed E-state index contributed by atoms with van der Waals surface area (Å²) in [5.74, 6) is -0.739. The van der Waals surface area contributed by atoms with Crippen LogP contribution in [0.25, 0.3) is 0 Å². The Labute approximate surface area is 106 Å². The lowest BCUT2D eigenvalue weighted by Gasteiger charge is -2.12. The molecule has 1 unspecified atom stereocenters. The Bertz CT molecular complexity index is 555.